The fraction of sp³-hybridized carbons (Fsp3) is 0.600. The summed E-state index contributed by atoms with van der Waals surface area (Å²) in [5.41, 5.74) is 7.47. The van der Waals surface area contributed by atoms with E-state index in [-0.39, 0.29) is 6.04 Å². The van der Waals surface area contributed by atoms with Crippen LogP contribution in [-0.2, 0) is 0 Å². The molecule has 1 unspecified atom stereocenters. The Bertz CT molecular complexity index is 344. The van der Waals surface area contributed by atoms with Gasteiger partial charge in [0.25, 0.3) is 0 Å². The second-order valence-electron chi connectivity index (χ2n) is 4.97. The van der Waals surface area contributed by atoms with Crippen LogP contribution in [0.25, 0.3) is 0 Å². The van der Waals surface area contributed by atoms with E-state index in [1.807, 2.05) is 19.1 Å². The molecule has 18 heavy (non-hydrogen) atoms. The molecule has 0 spiro atoms. The van der Waals surface area contributed by atoms with E-state index in [0.717, 1.165) is 12.3 Å². The third-order valence-electron chi connectivity index (χ3n) is 3.52. The van der Waals surface area contributed by atoms with Crippen molar-refractivity contribution in [2.75, 3.05) is 26.2 Å². The van der Waals surface area contributed by atoms with Crippen molar-refractivity contribution >= 4 is 0 Å². The molecule has 1 aromatic rings. The molecule has 1 heterocycles. The Kier molecular flexibility index (Phi) is 5.02. The fourth-order valence-corrected chi connectivity index (χ4v) is 2.50. The highest BCUT2D eigenvalue weighted by Gasteiger charge is 2.14. The zero-order valence-electron chi connectivity index (χ0n) is 11.3. The normalized spacial score (nSPS) is 18.6. The maximum atomic E-state index is 6.27. The molecule has 0 aliphatic carbocycles. The summed E-state index contributed by atoms with van der Waals surface area (Å²) in [6.07, 6.45) is 4.00. The molecule has 3 heteroatoms. The quantitative estimate of drug-likeness (QED) is 0.870. The van der Waals surface area contributed by atoms with Crippen LogP contribution in [0.5, 0.6) is 5.75 Å². The van der Waals surface area contributed by atoms with E-state index < -0.39 is 0 Å². The van der Waals surface area contributed by atoms with E-state index in [2.05, 4.69) is 17.0 Å². The lowest BCUT2D eigenvalue weighted by atomic mass is 10.1. The van der Waals surface area contributed by atoms with Crippen LogP contribution in [0, 0.1) is 0 Å². The van der Waals surface area contributed by atoms with Crippen LogP contribution >= 0.6 is 0 Å². The molecule has 0 aromatic heterocycles. The Morgan fingerprint density at radius 3 is 2.44 bits per heavy atom. The van der Waals surface area contributed by atoms with Crippen LogP contribution in [0.3, 0.4) is 0 Å². The van der Waals surface area contributed by atoms with Gasteiger partial charge in [0, 0.05) is 12.6 Å². The van der Waals surface area contributed by atoms with Gasteiger partial charge in [-0.25, -0.2) is 0 Å². The second-order valence-corrected chi connectivity index (χ2v) is 4.97. The van der Waals surface area contributed by atoms with Gasteiger partial charge in [-0.3, -0.25) is 0 Å². The van der Waals surface area contributed by atoms with Crippen LogP contribution in [0.15, 0.2) is 24.3 Å². The average Bonchev–Trinajstić information content (AvgIpc) is 2.41. The molecule has 2 rings (SSSR count). The molecule has 0 amide bonds. The fourth-order valence-electron chi connectivity index (χ4n) is 2.50. The van der Waals surface area contributed by atoms with Crippen molar-refractivity contribution < 1.29 is 4.74 Å². The van der Waals surface area contributed by atoms with Crippen molar-refractivity contribution in [1.29, 1.82) is 0 Å². The Morgan fingerprint density at radius 2 is 1.83 bits per heavy atom. The van der Waals surface area contributed by atoms with Crippen LogP contribution in [-0.4, -0.2) is 31.1 Å². The van der Waals surface area contributed by atoms with E-state index in [4.69, 9.17) is 10.5 Å². The van der Waals surface area contributed by atoms with E-state index in [9.17, 15) is 0 Å². The maximum absolute atomic E-state index is 6.27. The van der Waals surface area contributed by atoms with Gasteiger partial charge in [-0.15, -0.1) is 0 Å². The first-order valence-electron chi connectivity index (χ1n) is 7.00. The summed E-state index contributed by atoms with van der Waals surface area (Å²) in [7, 11) is 0. The molecule has 1 aromatic carbocycles. The summed E-state index contributed by atoms with van der Waals surface area (Å²) in [6.45, 7) is 6.07. The van der Waals surface area contributed by atoms with Gasteiger partial charge in [-0.2, -0.15) is 0 Å². The zero-order chi connectivity index (χ0) is 12.8. The SMILES string of the molecule is CCOc1ccc(C(N)CN2CCCCC2)cc1. The highest BCUT2D eigenvalue weighted by Crippen LogP contribution is 2.18. The lowest BCUT2D eigenvalue weighted by molar-refractivity contribution is 0.216. The Labute approximate surface area is 110 Å². The molecule has 0 radical (unpaired) electrons. The number of nitrogens with zero attached hydrogens (tertiary/aromatic N) is 1. The molecular weight excluding hydrogens is 224 g/mol. The Morgan fingerprint density at radius 1 is 1.17 bits per heavy atom. The molecule has 0 bridgehead atoms. The molecule has 1 saturated heterocycles. The number of rotatable bonds is 5. The number of likely N-dealkylation sites (tertiary alicyclic amines) is 1. The number of hydrogen-bond acceptors (Lipinski definition) is 3. The monoisotopic (exact) mass is 248 g/mol. The van der Waals surface area contributed by atoms with Crippen LogP contribution in [0.2, 0.25) is 0 Å². The molecule has 1 fully saturated rings. The number of hydrogen-bond donors (Lipinski definition) is 1. The van der Waals surface area contributed by atoms with Gasteiger partial charge in [0.15, 0.2) is 0 Å². The van der Waals surface area contributed by atoms with Gasteiger partial charge in [-0.05, 0) is 50.6 Å². The maximum Gasteiger partial charge on any atom is 0.119 e. The number of piperidine rings is 1. The molecule has 1 atom stereocenters. The molecule has 1 aliphatic heterocycles. The molecule has 0 saturated carbocycles. The largest absolute Gasteiger partial charge is 0.494 e. The van der Waals surface area contributed by atoms with Crippen molar-refractivity contribution in [2.24, 2.45) is 5.73 Å². The summed E-state index contributed by atoms with van der Waals surface area (Å²) >= 11 is 0. The molecule has 3 nitrogen and oxygen atoms in total. The highest BCUT2D eigenvalue weighted by atomic mass is 16.5. The predicted molar refractivity (Wildman–Crippen MR) is 74.8 cm³/mol. The number of nitrogens with two attached hydrogens (primary N) is 1. The lowest BCUT2D eigenvalue weighted by Crippen LogP contribution is -2.36. The summed E-state index contributed by atoms with van der Waals surface area (Å²) in [6, 6.07) is 8.29. The Balaban J connectivity index is 1.89. The second kappa shape index (κ2) is 6.76. The topological polar surface area (TPSA) is 38.5 Å². The summed E-state index contributed by atoms with van der Waals surface area (Å²) < 4.78 is 5.44. The third-order valence-corrected chi connectivity index (χ3v) is 3.52. The van der Waals surface area contributed by atoms with Gasteiger partial charge in [-0.1, -0.05) is 18.6 Å². The highest BCUT2D eigenvalue weighted by molar-refractivity contribution is 5.29. The van der Waals surface area contributed by atoms with Crippen molar-refractivity contribution in [3.63, 3.8) is 0 Å². The third kappa shape index (κ3) is 3.72. The molecular formula is C15H24N2O. The van der Waals surface area contributed by atoms with E-state index >= 15 is 0 Å². The number of benzene rings is 1. The van der Waals surface area contributed by atoms with Crippen LogP contribution in [0.4, 0.5) is 0 Å². The smallest absolute Gasteiger partial charge is 0.119 e. The zero-order valence-corrected chi connectivity index (χ0v) is 11.3. The first-order chi connectivity index (χ1) is 8.79. The van der Waals surface area contributed by atoms with Crippen LogP contribution in [0.1, 0.15) is 37.8 Å². The van der Waals surface area contributed by atoms with Gasteiger partial charge in [0.1, 0.15) is 5.75 Å². The lowest BCUT2D eigenvalue weighted by Gasteiger charge is -2.29. The van der Waals surface area contributed by atoms with Crippen molar-refractivity contribution in [3.05, 3.63) is 29.8 Å². The van der Waals surface area contributed by atoms with Gasteiger partial charge >= 0.3 is 0 Å². The average molecular weight is 248 g/mol. The first-order valence-corrected chi connectivity index (χ1v) is 7.00. The van der Waals surface area contributed by atoms with E-state index in [1.54, 1.807) is 0 Å². The standard InChI is InChI=1S/C15H24N2O/c1-2-18-14-8-6-13(7-9-14)15(16)12-17-10-4-3-5-11-17/h6-9,15H,2-5,10-12,16H2,1H3. The minimum Gasteiger partial charge on any atom is -0.494 e. The van der Waals surface area contributed by atoms with Crippen LogP contribution < -0.4 is 10.5 Å². The van der Waals surface area contributed by atoms with Crippen molar-refractivity contribution in [2.45, 2.75) is 32.2 Å². The van der Waals surface area contributed by atoms with Crippen molar-refractivity contribution in [3.8, 4) is 5.75 Å². The summed E-state index contributed by atoms with van der Waals surface area (Å²) in [5, 5.41) is 0. The molecule has 2 N–H and O–H groups in total. The van der Waals surface area contributed by atoms with E-state index in [0.29, 0.717) is 6.61 Å². The summed E-state index contributed by atoms with van der Waals surface area (Å²) in [4.78, 5) is 2.48. The summed E-state index contributed by atoms with van der Waals surface area (Å²) in [5.74, 6) is 0.923. The number of ether oxygens (including phenoxy) is 1. The predicted octanol–water partition coefficient (Wildman–Crippen LogP) is 2.57. The molecule has 1 aliphatic rings. The minimum atomic E-state index is 0.110. The first kappa shape index (κ1) is 13.4. The minimum absolute atomic E-state index is 0.110. The van der Waals surface area contributed by atoms with E-state index in [1.165, 1.54) is 37.9 Å². The van der Waals surface area contributed by atoms with Gasteiger partial charge < -0.3 is 15.4 Å². The van der Waals surface area contributed by atoms with Gasteiger partial charge in [0.05, 0.1) is 6.61 Å². The molecule has 100 valence electrons. The van der Waals surface area contributed by atoms with Gasteiger partial charge in [0.2, 0.25) is 0 Å². The Hall–Kier alpha value is -1.06. The van der Waals surface area contributed by atoms with Crippen molar-refractivity contribution in [1.82, 2.24) is 4.90 Å².